The smallest absolute Gasteiger partial charge is 0.165 e. The van der Waals surface area contributed by atoms with Gasteiger partial charge in [0.1, 0.15) is 17.3 Å². The Labute approximate surface area is 132 Å². The van der Waals surface area contributed by atoms with Gasteiger partial charge >= 0.3 is 0 Å². The Morgan fingerprint density at radius 1 is 1.24 bits per heavy atom. The highest BCUT2D eigenvalue weighted by atomic mass is 35.5. The second-order valence-corrected chi connectivity index (χ2v) is 5.13. The van der Waals surface area contributed by atoms with Gasteiger partial charge in [-0.15, -0.1) is 0 Å². The van der Waals surface area contributed by atoms with Crippen molar-refractivity contribution in [3.8, 4) is 11.5 Å². The molecular formula is C15H13ClFNO2S. The molecule has 6 heteroatoms. The predicted molar refractivity (Wildman–Crippen MR) is 84.6 cm³/mol. The van der Waals surface area contributed by atoms with E-state index in [1.165, 1.54) is 12.1 Å². The molecular weight excluding hydrogens is 313 g/mol. The number of hydrogen-bond donors (Lipinski definition) is 1. The molecule has 0 fully saturated rings. The second-order valence-electron chi connectivity index (χ2n) is 4.25. The van der Waals surface area contributed by atoms with Gasteiger partial charge in [0, 0.05) is 16.1 Å². The fourth-order valence-electron chi connectivity index (χ4n) is 1.79. The molecule has 21 heavy (non-hydrogen) atoms. The van der Waals surface area contributed by atoms with E-state index in [4.69, 9.17) is 39.0 Å². The minimum Gasteiger partial charge on any atom is -0.496 e. The van der Waals surface area contributed by atoms with Crippen molar-refractivity contribution in [2.24, 2.45) is 5.73 Å². The van der Waals surface area contributed by atoms with Gasteiger partial charge in [-0.05, 0) is 36.4 Å². The van der Waals surface area contributed by atoms with Crippen molar-refractivity contribution < 1.29 is 13.9 Å². The van der Waals surface area contributed by atoms with Crippen molar-refractivity contribution in [3.05, 3.63) is 58.4 Å². The van der Waals surface area contributed by atoms with Crippen molar-refractivity contribution in [3.63, 3.8) is 0 Å². The normalized spacial score (nSPS) is 10.2. The van der Waals surface area contributed by atoms with E-state index in [1.807, 2.05) is 0 Å². The lowest BCUT2D eigenvalue weighted by Crippen LogP contribution is -2.10. The Bertz CT molecular complexity index is 679. The quantitative estimate of drug-likeness (QED) is 0.851. The first-order chi connectivity index (χ1) is 10.0. The van der Waals surface area contributed by atoms with Crippen LogP contribution in [0.25, 0.3) is 0 Å². The molecule has 2 aromatic rings. The predicted octanol–water partition coefficient (Wildman–Crippen LogP) is 3.70. The zero-order valence-corrected chi connectivity index (χ0v) is 12.8. The van der Waals surface area contributed by atoms with Crippen LogP contribution in [0.3, 0.4) is 0 Å². The number of benzene rings is 2. The zero-order chi connectivity index (χ0) is 15.4. The highest BCUT2D eigenvalue weighted by Gasteiger charge is 2.09. The summed E-state index contributed by atoms with van der Waals surface area (Å²) >= 11 is 10.7. The summed E-state index contributed by atoms with van der Waals surface area (Å²) in [5, 5.41) is 0.554. The molecule has 0 unspecified atom stereocenters. The lowest BCUT2D eigenvalue weighted by atomic mass is 10.2. The first-order valence-electron chi connectivity index (χ1n) is 6.06. The van der Waals surface area contributed by atoms with Crippen LogP contribution in [0.4, 0.5) is 4.39 Å². The number of ether oxygens (including phenoxy) is 2. The molecule has 0 spiro atoms. The number of methoxy groups -OCH3 is 1. The number of thiocarbonyl (C=S) groups is 1. The van der Waals surface area contributed by atoms with Gasteiger partial charge in [0.05, 0.1) is 7.11 Å². The monoisotopic (exact) mass is 325 g/mol. The summed E-state index contributed by atoms with van der Waals surface area (Å²) in [7, 11) is 1.55. The standard InChI is InChI=1S/C15H13ClFNO2S/c1-19-13-5-3-11(16)6-10(13)8-20-14-4-2-9(15(18)21)7-12(14)17/h2-7H,8H2,1H3,(H2,18,21). The zero-order valence-electron chi connectivity index (χ0n) is 11.2. The second kappa shape index (κ2) is 6.74. The Kier molecular flexibility index (Phi) is 4.98. The van der Waals surface area contributed by atoms with Gasteiger partial charge in [0.25, 0.3) is 0 Å². The van der Waals surface area contributed by atoms with Gasteiger partial charge in [-0.1, -0.05) is 23.8 Å². The lowest BCUT2D eigenvalue weighted by Gasteiger charge is -2.11. The number of rotatable bonds is 5. The summed E-state index contributed by atoms with van der Waals surface area (Å²) in [6.07, 6.45) is 0. The Morgan fingerprint density at radius 3 is 2.57 bits per heavy atom. The van der Waals surface area contributed by atoms with Crippen molar-refractivity contribution in [1.29, 1.82) is 0 Å². The van der Waals surface area contributed by atoms with E-state index < -0.39 is 5.82 Å². The minimum absolute atomic E-state index is 0.108. The number of halogens is 2. The molecule has 0 heterocycles. The van der Waals surface area contributed by atoms with E-state index in [0.29, 0.717) is 16.3 Å². The molecule has 0 radical (unpaired) electrons. The van der Waals surface area contributed by atoms with Crippen LogP contribution < -0.4 is 15.2 Å². The maximum absolute atomic E-state index is 13.9. The van der Waals surface area contributed by atoms with Crippen LogP contribution in [0.15, 0.2) is 36.4 Å². The molecule has 0 aliphatic heterocycles. The van der Waals surface area contributed by atoms with Gasteiger partial charge in [-0.3, -0.25) is 0 Å². The molecule has 0 atom stereocenters. The van der Waals surface area contributed by atoms with Gasteiger partial charge < -0.3 is 15.2 Å². The van der Waals surface area contributed by atoms with Gasteiger partial charge in [-0.2, -0.15) is 0 Å². The average Bonchev–Trinajstić information content (AvgIpc) is 2.46. The average molecular weight is 326 g/mol. The van der Waals surface area contributed by atoms with Crippen molar-refractivity contribution in [1.82, 2.24) is 0 Å². The molecule has 110 valence electrons. The van der Waals surface area contributed by atoms with Crippen LogP contribution >= 0.6 is 23.8 Å². The maximum atomic E-state index is 13.9. The summed E-state index contributed by atoms with van der Waals surface area (Å²) < 4.78 is 24.5. The highest BCUT2D eigenvalue weighted by Crippen LogP contribution is 2.25. The van der Waals surface area contributed by atoms with E-state index in [2.05, 4.69) is 0 Å². The maximum Gasteiger partial charge on any atom is 0.165 e. The van der Waals surface area contributed by atoms with Crippen molar-refractivity contribution >= 4 is 28.8 Å². The van der Waals surface area contributed by atoms with Gasteiger partial charge in [-0.25, -0.2) is 4.39 Å². The molecule has 0 amide bonds. The summed E-state index contributed by atoms with van der Waals surface area (Å²) in [4.78, 5) is 0.136. The van der Waals surface area contributed by atoms with E-state index in [1.54, 1.807) is 31.4 Å². The van der Waals surface area contributed by atoms with Crippen LogP contribution in [0.5, 0.6) is 11.5 Å². The molecule has 0 aromatic heterocycles. The molecule has 2 aromatic carbocycles. The SMILES string of the molecule is COc1ccc(Cl)cc1COc1ccc(C(N)=S)cc1F. The van der Waals surface area contributed by atoms with Crippen LogP contribution in [0.1, 0.15) is 11.1 Å². The Balaban J connectivity index is 2.17. The Morgan fingerprint density at radius 2 is 1.95 bits per heavy atom. The fraction of sp³-hybridized carbons (Fsp3) is 0.133. The van der Waals surface area contributed by atoms with Crippen LogP contribution in [-0.4, -0.2) is 12.1 Å². The third-order valence-corrected chi connectivity index (χ3v) is 3.31. The summed E-state index contributed by atoms with van der Waals surface area (Å²) in [5.74, 6) is 0.206. The minimum atomic E-state index is -0.527. The molecule has 2 N–H and O–H groups in total. The molecule has 0 bridgehead atoms. The first-order valence-corrected chi connectivity index (χ1v) is 6.84. The first kappa shape index (κ1) is 15.5. The fourth-order valence-corrected chi connectivity index (χ4v) is 2.11. The van der Waals surface area contributed by atoms with E-state index in [-0.39, 0.29) is 17.3 Å². The topological polar surface area (TPSA) is 44.5 Å². The van der Waals surface area contributed by atoms with E-state index in [9.17, 15) is 4.39 Å². The summed E-state index contributed by atoms with van der Waals surface area (Å²) in [6.45, 7) is 0.132. The van der Waals surface area contributed by atoms with E-state index >= 15 is 0 Å². The summed E-state index contributed by atoms with van der Waals surface area (Å²) in [6, 6.07) is 9.49. The molecule has 0 saturated heterocycles. The molecule has 3 nitrogen and oxygen atoms in total. The number of hydrogen-bond acceptors (Lipinski definition) is 3. The molecule has 0 aliphatic carbocycles. The van der Waals surface area contributed by atoms with Crippen LogP contribution in [0.2, 0.25) is 5.02 Å². The molecule has 0 saturated carbocycles. The van der Waals surface area contributed by atoms with Gasteiger partial charge in [0.15, 0.2) is 11.6 Å². The number of nitrogens with two attached hydrogens (primary N) is 1. The van der Waals surface area contributed by atoms with Crippen LogP contribution in [-0.2, 0) is 6.61 Å². The Hall–Kier alpha value is -1.85. The third kappa shape index (κ3) is 3.83. The van der Waals surface area contributed by atoms with Gasteiger partial charge in [0.2, 0.25) is 0 Å². The molecule has 0 aliphatic rings. The van der Waals surface area contributed by atoms with E-state index in [0.717, 1.165) is 5.56 Å². The third-order valence-electron chi connectivity index (χ3n) is 2.84. The van der Waals surface area contributed by atoms with Crippen molar-refractivity contribution in [2.45, 2.75) is 6.61 Å². The summed E-state index contributed by atoms with van der Waals surface area (Å²) in [5.41, 5.74) is 6.62. The van der Waals surface area contributed by atoms with Crippen molar-refractivity contribution in [2.75, 3.05) is 7.11 Å². The largest absolute Gasteiger partial charge is 0.496 e. The highest BCUT2D eigenvalue weighted by molar-refractivity contribution is 7.80. The molecule has 2 rings (SSSR count). The lowest BCUT2D eigenvalue weighted by molar-refractivity contribution is 0.282. The van der Waals surface area contributed by atoms with Crippen LogP contribution in [0, 0.1) is 5.82 Å².